The predicted molar refractivity (Wildman–Crippen MR) is 63.4 cm³/mol. The van der Waals surface area contributed by atoms with Gasteiger partial charge in [-0.3, -0.25) is 4.79 Å². The standard InChI is InChI=1S/C13H16O4/c1-8-6-11(13(16)17)7-10(9(8)2)4-3-5-12(14)15/h6-7H,3-5H2,1-2H3,(H,14,15)(H,16,17). The van der Waals surface area contributed by atoms with Crippen molar-refractivity contribution in [1.29, 1.82) is 0 Å². The molecule has 2 N–H and O–H groups in total. The first-order valence-electron chi connectivity index (χ1n) is 5.47. The Morgan fingerprint density at radius 1 is 1.18 bits per heavy atom. The minimum atomic E-state index is -0.951. The molecule has 0 aliphatic carbocycles. The van der Waals surface area contributed by atoms with Gasteiger partial charge in [-0.25, -0.2) is 4.79 Å². The molecule has 92 valence electrons. The van der Waals surface area contributed by atoms with E-state index in [0.29, 0.717) is 12.8 Å². The normalized spacial score (nSPS) is 10.2. The number of aliphatic carboxylic acids is 1. The van der Waals surface area contributed by atoms with E-state index in [1.807, 2.05) is 13.8 Å². The van der Waals surface area contributed by atoms with Gasteiger partial charge in [-0.15, -0.1) is 0 Å². The van der Waals surface area contributed by atoms with Crippen LogP contribution in [0.2, 0.25) is 0 Å². The maximum absolute atomic E-state index is 10.9. The molecule has 0 saturated heterocycles. The fourth-order valence-electron chi connectivity index (χ4n) is 1.75. The van der Waals surface area contributed by atoms with Crippen molar-refractivity contribution in [2.24, 2.45) is 0 Å². The van der Waals surface area contributed by atoms with Crippen LogP contribution < -0.4 is 0 Å². The topological polar surface area (TPSA) is 74.6 Å². The van der Waals surface area contributed by atoms with Crippen molar-refractivity contribution in [2.45, 2.75) is 33.1 Å². The van der Waals surface area contributed by atoms with Crippen molar-refractivity contribution in [3.8, 4) is 0 Å². The summed E-state index contributed by atoms with van der Waals surface area (Å²) >= 11 is 0. The van der Waals surface area contributed by atoms with Crippen molar-refractivity contribution >= 4 is 11.9 Å². The molecule has 4 heteroatoms. The molecule has 4 nitrogen and oxygen atoms in total. The highest BCUT2D eigenvalue weighted by Crippen LogP contribution is 2.18. The molecule has 0 unspecified atom stereocenters. The van der Waals surface area contributed by atoms with Gasteiger partial charge < -0.3 is 10.2 Å². The summed E-state index contributed by atoms with van der Waals surface area (Å²) in [6.07, 6.45) is 1.23. The molecule has 0 aliphatic heterocycles. The Kier molecular flexibility index (Phi) is 4.26. The number of carboxylic acids is 2. The maximum Gasteiger partial charge on any atom is 0.335 e. The van der Waals surface area contributed by atoms with Crippen LogP contribution in [-0.4, -0.2) is 22.2 Å². The van der Waals surface area contributed by atoms with E-state index in [1.165, 1.54) is 0 Å². The zero-order valence-corrected chi connectivity index (χ0v) is 9.99. The van der Waals surface area contributed by atoms with Crippen LogP contribution in [0.5, 0.6) is 0 Å². The highest BCUT2D eigenvalue weighted by atomic mass is 16.4. The predicted octanol–water partition coefficient (Wildman–Crippen LogP) is 2.41. The highest BCUT2D eigenvalue weighted by Gasteiger charge is 2.09. The lowest BCUT2D eigenvalue weighted by Crippen LogP contribution is -2.03. The molecule has 0 bridgehead atoms. The van der Waals surface area contributed by atoms with E-state index in [4.69, 9.17) is 10.2 Å². The monoisotopic (exact) mass is 236 g/mol. The van der Waals surface area contributed by atoms with Gasteiger partial charge in [0.1, 0.15) is 0 Å². The molecular weight excluding hydrogens is 220 g/mol. The van der Waals surface area contributed by atoms with Crippen LogP contribution in [0, 0.1) is 13.8 Å². The number of aromatic carboxylic acids is 1. The van der Waals surface area contributed by atoms with Crippen LogP contribution in [0.1, 0.15) is 39.9 Å². The molecule has 0 atom stereocenters. The van der Waals surface area contributed by atoms with E-state index in [1.54, 1.807) is 12.1 Å². The van der Waals surface area contributed by atoms with E-state index in [-0.39, 0.29) is 12.0 Å². The van der Waals surface area contributed by atoms with Crippen molar-refractivity contribution in [2.75, 3.05) is 0 Å². The Labute approximate surface area is 99.9 Å². The van der Waals surface area contributed by atoms with Crippen LogP contribution >= 0.6 is 0 Å². The summed E-state index contributed by atoms with van der Waals surface area (Å²) in [5.74, 6) is -1.78. The fourth-order valence-corrected chi connectivity index (χ4v) is 1.75. The molecule has 0 radical (unpaired) electrons. The van der Waals surface area contributed by atoms with E-state index in [9.17, 15) is 9.59 Å². The molecule has 0 saturated carbocycles. The summed E-state index contributed by atoms with van der Waals surface area (Å²) in [4.78, 5) is 21.3. The molecule has 0 amide bonds. The van der Waals surface area contributed by atoms with Gasteiger partial charge in [0.15, 0.2) is 0 Å². The molecule has 1 aromatic rings. The van der Waals surface area contributed by atoms with Gasteiger partial charge in [0.05, 0.1) is 5.56 Å². The van der Waals surface area contributed by atoms with Gasteiger partial charge in [0, 0.05) is 6.42 Å². The number of hydrogen-bond acceptors (Lipinski definition) is 2. The number of carbonyl (C=O) groups is 2. The van der Waals surface area contributed by atoms with Crippen molar-refractivity contribution in [3.05, 3.63) is 34.4 Å². The van der Waals surface area contributed by atoms with E-state index < -0.39 is 11.9 Å². The summed E-state index contributed by atoms with van der Waals surface area (Å²) in [6, 6.07) is 3.27. The fraction of sp³-hybridized carbons (Fsp3) is 0.385. The number of rotatable bonds is 5. The number of hydrogen-bond donors (Lipinski definition) is 2. The summed E-state index contributed by atoms with van der Waals surface area (Å²) in [7, 11) is 0. The van der Waals surface area contributed by atoms with Gasteiger partial charge in [0.25, 0.3) is 0 Å². The van der Waals surface area contributed by atoms with Gasteiger partial charge in [-0.05, 0) is 55.5 Å². The maximum atomic E-state index is 10.9. The number of benzene rings is 1. The molecule has 0 heterocycles. The van der Waals surface area contributed by atoms with Crippen LogP contribution in [0.4, 0.5) is 0 Å². The molecule has 1 aromatic carbocycles. The van der Waals surface area contributed by atoms with Crippen molar-refractivity contribution in [1.82, 2.24) is 0 Å². The zero-order chi connectivity index (χ0) is 13.0. The minimum absolute atomic E-state index is 0.107. The number of aryl methyl sites for hydroxylation is 2. The molecule has 1 rings (SSSR count). The largest absolute Gasteiger partial charge is 0.481 e. The SMILES string of the molecule is Cc1cc(C(=O)O)cc(CCCC(=O)O)c1C. The average Bonchev–Trinajstić information content (AvgIpc) is 2.23. The third kappa shape index (κ3) is 3.59. The first-order valence-corrected chi connectivity index (χ1v) is 5.47. The summed E-state index contributed by atoms with van der Waals surface area (Å²) in [5.41, 5.74) is 3.15. The molecule has 17 heavy (non-hydrogen) atoms. The smallest absolute Gasteiger partial charge is 0.335 e. The summed E-state index contributed by atoms with van der Waals surface area (Å²) < 4.78 is 0. The third-order valence-electron chi connectivity index (χ3n) is 2.86. The Bertz CT molecular complexity index is 449. The molecular formula is C13H16O4. The van der Waals surface area contributed by atoms with Crippen LogP contribution in [0.15, 0.2) is 12.1 Å². The average molecular weight is 236 g/mol. The Hall–Kier alpha value is -1.84. The first-order chi connectivity index (χ1) is 7.91. The molecule has 0 fully saturated rings. The van der Waals surface area contributed by atoms with E-state index >= 15 is 0 Å². The summed E-state index contributed by atoms with van der Waals surface area (Å²) in [6.45, 7) is 3.79. The molecule has 0 aliphatic rings. The van der Waals surface area contributed by atoms with Gasteiger partial charge >= 0.3 is 11.9 Å². The van der Waals surface area contributed by atoms with Crippen LogP contribution in [-0.2, 0) is 11.2 Å². The van der Waals surface area contributed by atoms with Crippen molar-refractivity contribution in [3.63, 3.8) is 0 Å². The second-order valence-corrected chi connectivity index (χ2v) is 4.13. The Morgan fingerprint density at radius 3 is 2.35 bits per heavy atom. The lowest BCUT2D eigenvalue weighted by atomic mass is 9.96. The highest BCUT2D eigenvalue weighted by molar-refractivity contribution is 5.88. The van der Waals surface area contributed by atoms with Gasteiger partial charge in [-0.1, -0.05) is 0 Å². The van der Waals surface area contributed by atoms with E-state index in [0.717, 1.165) is 16.7 Å². The van der Waals surface area contributed by atoms with Crippen molar-refractivity contribution < 1.29 is 19.8 Å². The molecule has 0 spiro atoms. The van der Waals surface area contributed by atoms with Gasteiger partial charge in [0.2, 0.25) is 0 Å². The van der Waals surface area contributed by atoms with Crippen LogP contribution in [0.25, 0.3) is 0 Å². The Balaban J connectivity index is 2.90. The first kappa shape index (κ1) is 13.2. The van der Waals surface area contributed by atoms with Gasteiger partial charge in [-0.2, -0.15) is 0 Å². The minimum Gasteiger partial charge on any atom is -0.481 e. The quantitative estimate of drug-likeness (QED) is 0.823. The zero-order valence-electron chi connectivity index (χ0n) is 9.99. The Morgan fingerprint density at radius 2 is 1.82 bits per heavy atom. The van der Waals surface area contributed by atoms with Crippen LogP contribution in [0.3, 0.4) is 0 Å². The third-order valence-corrected chi connectivity index (χ3v) is 2.86. The second kappa shape index (κ2) is 5.48. The number of carboxylic acid groups (broad SMARTS) is 2. The second-order valence-electron chi connectivity index (χ2n) is 4.13. The molecule has 0 aromatic heterocycles. The summed E-state index contributed by atoms with van der Waals surface area (Å²) in [5, 5.41) is 17.5. The van der Waals surface area contributed by atoms with E-state index in [2.05, 4.69) is 0 Å². The lowest BCUT2D eigenvalue weighted by molar-refractivity contribution is -0.137. The lowest BCUT2D eigenvalue weighted by Gasteiger charge is -2.10.